The molecule has 6 nitrogen and oxygen atoms in total. The molecule has 0 radical (unpaired) electrons. The molecule has 4 rings (SSSR count). The largest absolute Gasteiger partial charge is 0.497 e. The fourth-order valence-corrected chi connectivity index (χ4v) is 5.32. The number of nitrogens with zero attached hydrogens (tertiary/aromatic N) is 2. The highest BCUT2D eigenvalue weighted by Crippen LogP contribution is 2.35. The van der Waals surface area contributed by atoms with Gasteiger partial charge in [0.2, 0.25) is 5.91 Å². The van der Waals surface area contributed by atoms with Gasteiger partial charge in [0.15, 0.2) is 0 Å². The number of carbonyl (C=O) groups is 1. The molecule has 2 heterocycles. The molecule has 2 aliphatic rings. The van der Waals surface area contributed by atoms with E-state index in [2.05, 4.69) is 22.9 Å². The van der Waals surface area contributed by atoms with E-state index in [0.717, 1.165) is 24.5 Å². The number of benzene rings is 1. The zero-order chi connectivity index (χ0) is 23.4. The lowest BCUT2D eigenvalue weighted by atomic mass is 10.00. The van der Waals surface area contributed by atoms with E-state index < -0.39 is 5.60 Å². The van der Waals surface area contributed by atoms with Gasteiger partial charge in [-0.05, 0) is 61.2 Å². The van der Waals surface area contributed by atoms with Crippen LogP contribution in [0.5, 0.6) is 11.5 Å². The Balaban J connectivity index is 1.48. The molecule has 178 valence electrons. The minimum absolute atomic E-state index is 0.0756. The number of methoxy groups -OCH3 is 1. The summed E-state index contributed by atoms with van der Waals surface area (Å²) in [6.45, 7) is 8.07. The lowest BCUT2D eigenvalue weighted by molar-refractivity contribution is -0.136. The van der Waals surface area contributed by atoms with Crippen LogP contribution < -0.4 is 9.47 Å². The van der Waals surface area contributed by atoms with Crippen LogP contribution in [0.1, 0.15) is 36.2 Å². The number of carbonyl (C=O) groups excluding carboxylic acids is 1. The number of rotatable bonds is 11. The maximum atomic E-state index is 13.5. The van der Waals surface area contributed by atoms with Gasteiger partial charge >= 0.3 is 0 Å². The first kappa shape index (κ1) is 23.8. The van der Waals surface area contributed by atoms with E-state index in [1.165, 1.54) is 23.3 Å². The number of aliphatic hydroxyl groups is 1. The van der Waals surface area contributed by atoms with Gasteiger partial charge in [-0.2, -0.15) is 0 Å². The highest BCUT2D eigenvalue weighted by atomic mass is 32.1. The predicted octanol–water partition coefficient (Wildman–Crippen LogP) is 3.91. The highest BCUT2D eigenvalue weighted by Gasteiger charge is 2.35. The molecular formula is C26H34N2O4S. The van der Waals surface area contributed by atoms with Crippen molar-refractivity contribution >= 4 is 17.2 Å². The van der Waals surface area contributed by atoms with Crippen molar-refractivity contribution in [2.24, 2.45) is 5.92 Å². The second-order valence-corrected chi connectivity index (χ2v) is 10.3. The minimum atomic E-state index is -1.02. The van der Waals surface area contributed by atoms with Gasteiger partial charge in [0.25, 0.3) is 0 Å². The van der Waals surface area contributed by atoms with E-state index in [9.17, 15) is 9.90 Å². The van der Waals surface area contributed by atoms with E-state index in [0.29, 0.717) is 25.6 Å². The van der Waals surface area contributed by atoms with E-state index in [1.807, 2.05) is 29.2 Å². The van der Waals surface area contributed by atoms with Gasteiger partial charge < -0.3 is 19.5 Å². The average molecular weight is 471 g/mol. The van der Waals surface area contributed by atoms with Crippen LogP contribution >= 0.6 is 11.3 Å². The van der Waals surface area contributed by atoms with Crippen LogP contribution in [-0.2, 0) is 11.2 Å². The number of hydrogen-bond donors (Lipinski definition) is 1. The van der Waals surface area contributed by atoms with Crippen LogP contribution in [0.4, 0.5) is 0 Å². The Hall–Kier alpha value is -2.35. The van der Waals surface area contributed by atoms with Crippen LogP contribution in [-0.4, -0.2) is 66.3 Å². The first-order chi connectivity index (χ1) is 15.9. The molecular weight excluding hydrogens is 436 g/mol. The van der Waals surface area contributed by atoms with Gasteiger partial charge in [-0.1, -0.05) is 12.1 Å². The molecule has 0 bridgehead atoms. The molecule has 1 aliphatic heterocycles. The van der Waals surface area contributed by atoms with E-state index >= 15 is 0 Å². The average Bonchev–Trinajstić information content (AvgIpc) is 3.49. The fraction of sp³-hybridized carbons (Fsp3) is 0.500. The standard InChI is InChI=1S/C26H34N2O4S/c1-4-26(2,30)18-27(15-19-8-9-19)16-25(29)28-12-10-24-22(11-13-33-24)23(28)17-32-21-7-5-6-20(14-21)31-3/h4-7,11,13-14,19,23,30H,1,8-10,12,15-18H2,2-3H3. The van der Waals surface area contributed by atoms with Crippen molar-refractivity contribution in [3.8, 4) is 11.5 Å². The van der Waals surface area contributed by atoms with Gasteiger partial charge in [-0.3, -0.25) is 9.69 Å². The zero-order valence-electron chi connectivity index (χ0n) is 19.5. The van der Waals surface area contributed by atoms with Crippen LogP contribution in [0.2, 0.25) is 0 Å². The fourth-order valence-electron chi connectivity index (χ4n) is 4.39. The van der Waals surface area contributed by atoms with Crippen LogP contribution in [0, 0.1) is 5.92 Å². The summed E-state index contributed by atoms with van der Waals surface area (Å²) in [5.41, 5.74) is 0.154. The molecule has 33 heavy (non-hydrogen) atoms. The molecule has 2 aromatic rings. The first-order valence-electron chi connectivity index (χ1n) is 11.6. The third-order valence-corrected chi connectivity index (χ3v) is 7.42. The van der Waals surface area contributed by atoms with Crippen molar-refractivity contribution in [3.05, 3.63) is 58.8 Å². The van der Waals surface area contributed by atoms with Crippen molar-refractivity contribution in [1.82, 2.24) is 9.80 Å². The van der Waals surface area contributed by atoms with Crippen LogP contribution in [0.3, 0.4) is 0 Å². The zero-order valence-corrected chi connectivity index (χ0v) is 20.4. The van der Waals surface area contributed by atoms with Gasteiger partial charge in [-0.25, -0.2) is 0 Å². The molecule has 1 aliphatic carbocycles. The summed E-state index contributed by atoms with van der Waals surface area (Å²) < 4.78 is 11.4. The van der Waals surface area contributed by atoms with Crippen molar-refractivity contribution in [2.45, 2.75) is 37.8 Å². The summed E-state index contributed by atoms with van der Waals surface area (Å²) >= 11 is 1.74. The molecule has 7 heteroatoms. The number of thiophene rings is 1. The summed E-state index contributed by atoms with van der Waals surface area (Å²) in [4.78, 5) is 18.9. The molecule has 2 atom stereocenters. The second kappa shape index (κ2) is 10.3. The van der Waals surface area contributed by atoms with Crippen molar-refractivity contribution in [3.63, 3.8) is 0 Å². The Morgan fingerprint density at radius 1 is 1.36 bits per heavy atom. The Labute approximate surface area is 200 Å². The third-order valence-electron chi connectivity index (χ3n) is 6.42. The molecule has 1 N–H and O–H groups in total. The summed E-state index contributed by atoms with van der Waals surface area (Å²) in [7, 11) is 1.63. The molecule has 1 amide bonds. The molecule has 0 saturated heterocycles. The monoisotopic (exact) mass is 470 g/mol. The van der Waals surface area contributed by atoms with Crippen LogP contribution in [0.25, 0.3) is 0 Å². The smallest absolute Gasteiger partial charge is 0.237 e. The lowest BCUT2D eigenvalue weighted by Gasteiger charge is -2.38. The normalized spacial score (nSPS) is 19.6. The van der Waals surface area contributed by atoms with Crippen molar-refractivity contribution in [2.75, 3.05) is 39.9 Å². The maximum absolute atomic E-state index is 13.5. The quantitative estimate of drug-likeness (QED) is 0.505. The molecule has 1 aromatic carbocycles. The Kier molecular flexibility index (Phi) is 7.41. The Morgan fingerprint density at radius 2 is 2.15 bits per heavy atom. The molecule has 1 aromatic heterocycles. The topological polar surface area (TPSA) is 62.2 Å². The van der Waals surface area contributed by atoms with Gasteiger partial charge in [0, 0.05) is 30.6 Å². The SMILES string of the molecule is C=CC(C)(O)CN(CC(=O)N1CCc2sccc2C1COc1cccc(OC)c1)CC1CC1. The third kappa shape index (κ3) is 6.16. The summed E-state index contributed by atoms with van der Waals surface area (Å²) in [5.74, 6) is 2.16. The molecule has 0 spiro atoms. The number of fused-ring (bicyclic) bond motifs is 1. The lowest BCUT2D eigenvalue weighted by Crippen LogP contribution is -2.49. The molecule has 1 saturated carbocycles. The van der Waals surface area contributed by atoms with Gasteiger partial charge in [0.1, 0.15) is 18.1 Å². The highest BCUT2D eigenvalue weighted by molar-refractivity contribution is 7.10. The second-order valence-electron chi connectivity index (χ2n) is 9.32. The predicted molar refractivity (Wildman–Crippen MR) is 131 cm³/mol. The van der Waals surface area contributed by atoms with Crippen LogP contribution in [0.15, 0.2) is 48.4 Å². The Bertz CT molecular complexity index is 969. The molecule has 2 unspecified atom stereocenters. The number of hydrogen-bond acceptors (Lipinski definition) is 6. The summed E-state index contributed by atoms with van der Waals surface area (Å²) in [6.07, 6.45) is 4.81. The van der Waals surface area contributed by atoms with E-state index in [-0.39, 0.29) is 18.5 Å². The van der Waals surface area contributed by atoms with Gasteiger partial charge in [-0.15, -0.1) is 17.9 Å². The van der Waals surface area contributed by atoms with E-state index in [4.69, 9.17) is 9.47 Å². The van der Waals surface area contributed by atoms with E-state index in [1.54, 1.807) is 31.4 Å². The summed E-state index contributed by atoms with van der Waals surface area (Å²) in [5, 5.41) is 12.6. The van der Waals surface area contributed by atoms with Crippen molar-refractivity contribution < 1.29 is 19.4 Å². The maximum Gasteiger partial charge on any atom is 0.237 e. The minimum Gasteiger partial charge on any atom is -0.497 e. The first-order valence-corrected chi connectivity index (χ1v) is 12.5. The molecule has 1 fully saturated rings. The summed E-state index contributed by atoms with van der Waals surface area (Å²) in [6, 6.07) is 9.52. The number of ether oxygens (including phenoxy) is 2. The Morgan fingerprint density at radius 3 is 2.88 bits per heavy atom. The van der Waals surface area contributed by atoms with Gasteiger partial charge in [0.05, 0.1) is 25.3 Å². The number of amides is 1. The van der Waals surface area contributed by atoms with Crippen molar-refractivity contribution in [1.29, 1.82) is 0 Å².